The summed E-state index contributed by atoms with van der Waals surface area (Å²) in [7, 11) is 0. The number of anilines is 2. The van der Waals surface area contributed by atoms with Crippen molar-refractivity contribution < 1.29 is 5.11 Å². The largest absolute Gasteiger partial charge is 0.394 e. The second-order valence-electron chi connectivity index (χ2n) is 6.91. The Morgan fingerprint density at radius 3 is 2.79 bits per heavy atom. The Morgan fingerprint density at radius 2 is 2.04 bits per heavy atom. The molecular weight excluding hydrogens is 300 g/mol. The molecular formula is C19H24N4O. The number of aliphatic hydroxyl groups is 1. The van der Waals surface area contributed by atoms with E-state index < -0.39 is 0 Å². The summed E-state index contributed by atoms with van der Waals surface area (Å²) >= 11 is 0. The molecule has 1 aromatic heterocycles. The topological polar surface area (TPSA) is 61.3 Å². The molecule has 0 radical (unpaired) electrons. The molecule has 0 saturated heterocycles. The van der Waals surface area contributed by atoms with Gasteiger partial charge in [0.25, 0.3) is 0 Å². The molecule has 1 saturated carbocycles. The second-order valence-corrected chi connectivity index (χ2v) is 6.91. The minimum Gasteiger partial charge on any atom is -0.394 e. The number of aliphatic hydroxyl groups excluding tert-OH is 1. The summed E-state index contributed by atoms with van der Waals surface area (Å²) in [6.45, 7) is 3.92. The molecule has 2 aromatic rings. The van der Waals surface area contributed by atoms with Crippen LogP contribution in [0, 0.1) is 0 Å². The summed E-state index contributed by atoms with van der Waals surface area (Å²) in [5.41, 5.74) is 2.83. The van der Waals surface area contributed by atoms with Gasteiger partial charge >= 0.3 is 0 Å². The first-order valence-electron chi connectivity index (χ1n) is 8.81. The molecule has 2 heterocycles. The van der Waals surface area contributed by atoms with Crippen LogP contribution in [0.2, 0.25) is 0 Å². The highest BCUT2D eigenvalue weighted by Gasteiger charge is 2.28. The maximum Gasteiger partial charge on any atom is 0.136 e. The zero-order valence-corrected chi connectivity index (χ0v) is 14.1. The van der Waals surface area contributed by atoms with Gasteiger partial charge in [0.2, 0.25) is 0 Å². The van der Waals surface area contributed by atoms with E-state index >= 15 is 0 Å². The Bertz CT molecular complexity index is 729. The van der Waals surface area contributed by atoms with Gasteiger partial charge in [0.15, 0.2) is 0 Å². The van der Waals surface area contributed by atoms with Crippen LogP contribution in [0.15, 0.2) is 30.3 Å². The molecule has 1 aromatic carbocycles. The third-order valence-corrected chi connectivity index (χ3v) is 4.80. The minimum atomic E-state index is -0.0121. The maximum atomic E-state index is 9.30. The van der Waals surface area contributed by atoms with E-state index in [1.807, 2.05) is 13.0 Å². The van der Waals surface area contributed by atoms with Crippen molar-refractivity contribution >= 4 is 11.6 Å². The number of nitrogens with zero attached hydrogens (tertiary/aromatic N) is 3. The van der Waals surface area contributed by atoms with E-state index in [4.69, 9.17) is 4.98 Å². The lowest BCUT2D eigenvalue weighted by molar-refractivity contribution is 0.281. The van der Waals surface area contributed by atoms with Crippen LogP contribution in [0.25, 0.3) is 0 Å². The van der Waals surface area contributed by atoms with E-state index in [1.54, 1.807) is 0 Å². The van der Waals surface area contributed by atoms with E-state index in [0.29, 0.717) is 5.92 Å². The smallest absolute Gasteiger partial charge is 0.136 e. The van der Waals surface area contributed by atoms with Crippen LogP contribution in [-0.2, 0) is 13.0 Å². The summed E-state index contributed by atoms with van der Waals surface area (Å²) in [6.07, 6.45) is 3.41. The Labute approximate surface area is 142 Å². The molecule has 0 amide bonds. The number of benzene rings is 1. The Balaban J connectivity index is 1.62. The molecule has 2 aliphatic rings. The molecule has 5 nitrogen and oxygen atoms in total. The van der Waals surface area contributed by atoms with E-state index in [9.17, 15) is 5.11 Å². The van der Waals surface area contributed by atoms with Crippen molar-refractivity contribution in [3.05, 3.63) is 47.3 Å². The van der Waals surface area contributed by atoms with Gasteiger partial charge in [0.05, 0.1) is 6.61 Å². The zero-order valence-electron chi connectivity index (χ0n) is 14.1. The molecule has 0 spiro atoms. The summed E-state index contributed by atoms with van der Waals surface area (Å²) in [4.78, 5) is 11.8. The van der Waals surface area contributed by atoms with Crippen LogP contribution >= 0.6 is 0 Å². The Hall–Kier alpha value is -2.14. The number of hydrogen-bond donors (Lipinski definition) is 2. The fourth-order valence-electron chi connectivity index (χ4n) is 3.20. The van der Waals surface area contributed by atoms with Crippen LogP contribution in [-0.4, -0.2) is 34.3 Å². The lowest BCUT2D eigenvalue weighted by atomic mass is 10.00. The van der Waals surface area contributed by atoms with Crippen molar-refractivity contribution in [2.45, 2.75) is 44.7 Å². The molecule has 1 fully saturated rings. The molecule has 1 atom stereocenters. The van der Waals surface area contributed by atoms with Crippen LogP contribution in [0.5, 0.6) is 0 Å². The molecule has 5 heteroatoms. The van der Waals surface area contributed by atoms with Gasteiger partial charge < -0.3 is 15.3 Å². The zero-order chi connectivity index (χ0) is 16.5. The van der Waals surface area contributed by atoms with Crippen LogP contribution in [0.4, 0.5) is 11.6 Å². The van der Waals surface area contributed by atoms with Gasteiger partial charge in [-0.1, -0.05) is 24.3 Å². The standard InChI is InChI=1S/C19H24N4O/c1-13(12-24)20-17-10-18(22-19(21-17)15-6-7-15)23-9-8-14-4-2-3-5-16(14)11-23/h2-5,10,13,15,24H,6-9,11-12H2,1H3,(H,20,21,22)/t13-/m1/s1. The van der Waals surface area contributed by atoms with Crippen LogP contribution < -0.4 is 10.2 Å². The SMILES string of the molecule is C[C@H](CO)Nc1cc(N2CCc3ccccc3C2)nc(C2CC2)n1. The summed E-state index contributed by atoms with van der Waals surface area (Å²) in [5.74, 6) is 3.27. The summed E-state index contributed by atoms with van der Waals surface area (Å²) in [5, 5.41) is 12.6. The third-order valence-electron chi connectivity index (χ3n) is 4.80. The van der Waals surface area contributed by atoms with Crippen LogP contribution in [0.3, 0.4) is 0 Å². The highest BCUT2D eigenvalue weighted by Crippen LogP contribution is 2.39. The average molecular weight is 324 g/mol. The molecule has 24 heavy (non-hydrogen) atoms. The predicted molar refractivity (Wildman–Crippen MR) is 95.4 cm³/mol. The highest BCUT2D eigenvalue weighted by molar-refractivity contribution is 5.52. The van der Waals surface area contributed by atoms with Crippen molar-refractivity contribution in [1.82, 2.24) is 9.97 Å². The quantitative estimate of drug-likeness (QED) is 0.885. The van der Waals surface area contributed by atoms with Gasteiger partial charge in [-0.3, -0.25) is 0 Å². The van der Waals surface area contributed by atoms with Crippen molar-refractivity contribution in [1.29, 1.82) is 0 Å². The second kappa shape index (κ2) is 6.40. The highest BCUT2D eigenvalue weighted by atomic mass is 16.3. The molecule has 1 aliphatic carbocycles. The van der Waals surface area contributed by atoms with E-state index in [1.165, 1.54) is 24.0 Å². The van der Waals surface area contributed by atoms with Gasteiger partial charge in [0.1, 0.15) is 17.5 Å². The molecule has 4 rings (SSSR count). The Morgan fingerprint density at radius 1 is 1.25 bits per heavy atom. The van der Waals surface area contributed by atoms with Gasteiger partial charge in [-0.15, -0.1) is 0 Å². The monoisotopic (exact) mass is 324 g/mol. The number of fused-ring (bicyclic) bond motifs is 1. The number of nitrogens with one attached hydrogen (secondary N) is 1. The van der Waals surface area contributed by atoms with Crippen molar-refractivity contribution in [3.8, 4) is 0 Å². The Kier molecular flexibility index (Phi) is 4.10. The summed E-state index contributed by atoms with van der Waals surface area (Å²) in [6, 6.07) is 10.7. The molecule has 126 valence electrons. The molecule has 0 bridgehead atoms. The van der Waals surface area contributed by atoms with Crippen molar-refractivity contribution in [2.24, 2.45) is 0 Å². The molecule has 1 aliphatic heterocycles. The number of hydrogen-bond acceptors (Lipinski definition) is 5. The lowest BCUT2D eigenvalue weighted by Crippen LogP contribution is -2.31. The van der Waals surface area contributed by atoms with E-state index in [0.717, 1.165) is 37.0 Å². The first-order chi connectivity index (χ1) is 11.7. The first kappa shape index (κ1) is 15.4. The van der Waals surface area contributed by atoms with Gasteiger partial charge in [-0.2, -0.15) is 0 Å². The maximum absolute atomic E-state index is 9.30. The summed E-state index contributed by atoms with van der Waals surface area (Å²) < 4.78 is 0. The number of aromatic nitrogens is 2. The van der Waals surface area contributed by atoms with Gasteiger partial charge in [-0.05, 0) is 37.3 Å². The third kappa shape index (κ3) is 3.22. The van der Waals surface area contributed by atoms with E-state index in [2.05, 4.69) is 39.5 Å². The lowest BCUT2D eigenvalue weighted by Gasteiger charge is -2.30. The van der Waals surface area contributed by atoms with Gasteiger partial charge in [-0.25, -0.2) is 9.97 Å². The average Bonchev–Trinajstić information content (AvgIpc) is 3.46. The fraction of sp³-hybridized carbons (Fsp3) is 0.474. The van der Waals surface area contributed by atoms with E-state index in [-0.39, 0.29) is 12.6 Å². The first-order valence-corrected chi connectivity index (χ1v) is 8.81. The predicted octanol–water partition coefficient (Wildman–Crippen LogP) is 2.71. The number of rotatable bonds is 5. The fourth-order valence-corrected chi connectivity index (χ4v) is 3.20. The van der Waals surface area contributed by atoms with Gasteiger partial charge in [0, 0.05) is 31.1 Å². The van der Waals surface area contributed by atoms with Crippen LogP contribution in [0.1, 0.15) is 42.6 Å². The van der Waals surface area contributed by atoms with Crippen molar-refractivity contribution in [3.63, 3.8) is 0 Å². The minimum absolute atomic E-state index is 0.0121. The normalized spacial score (nSPS) is 18.2. The molecule has 2 N–H and O–H groups in total. The molecule has 0 unspecified atom stereocenters. The van der Waals surface area contributed by atoms with Crippen molar-refractivity contribution in [2.75, 3.05) is 23.4 Å².